The minimum Gasteiger partial charge on any atom is -0.489 e. The fourth-order valence-corrected chi connectivity index (χ4v) is 3.45. The van der Waals surface area contributed by atoms with Crippen LogP contribution in [0.25, 0.3) is 17.3 Å². The highest BCUT2D eigenvalue weighted by Gasteiger charge is 2.27. The Morgan fingerprint density at radius 3 is 3.00 bits per heavy atom. The lowest BCUT2D eigenvalue weighted by Crippen LogP contribution is -2.14. The molecular weight excluding hydrogens is 318 g/mol. The molecule has 3 rings (SSSR count). The van der Waals surface area contributed by atoms with Gasteiger partial charge in [0.25, 0.3) is 0 Å². The quantitative estimate of drug-likeness (QED) is 0.866. The van der Waals surface area contributed by atoms with Gasteiger partial charge in [-0.05, 0) is 24.3 Å². The third kappa shape index (κ3) is 2.69. The molecule has 1 aromatic heterocycles. The molecule has 0 spiro atoms. The molecule has 1 aromatic carbocycles. The number of ether oxygens (including phenoxy) is 2. The molecule has 0 radical (unpaired) electrons. The number of hydrogen-bond donors (Lipinski definition) is 1. The molecule has 1 aliphatic rings. The normalized spacial score (nSPS) is 14.0. The summed E-state index contributed by atoms with van der Waals surface area (Å²) in [6.07, 6.45) is 2.34. The molecule has 1 atom stereocenters. The van der Waals surface area contributed by atoms with Crippen LogP contribution in [0.5, 0.6) is 5.75 Å². The van der Waals surface area contributed by atoms with E-state index >= 15 is 0 Å². The van der Waals surface area contributed by atoms with Gasteiger partial charge in [0.2, 0.25) is 0 Å². The van der Waals surface area contributed by atoms with Crippen LogP contribution in [0.2, 0.25) is 0 Å². The van der Waals surface area contributed by atoms with Crippen LogP contribution in [-0.4, -0.2) is 29.4 Å². The first-order valence-corrected chi connectivity index (χ1v) is 7.74. The van der Waals surface area contributed by atoms with Gasteiger partial charge in [-0.3, -0.25) is 4.79 Å². The average Bonchev–Trinajstić information content (AvgIpc) is 2.88. The maximum atomic E-state index is 12.0. The lowest BCUT2D eigenvalue weighted by atomic mass is 10.0. The number of aliphatic hydroxyl groups is 1. The first-order valence-electron chi connectivity index (χ1n) is 6.92. The van der Waals surface area contributed by atoms with Gasteiger partial charge in [-0.2, -0.15) is 0 Å². The van der Waals surface area contributed by atoms with Gasteiger partial charge in [-0.1, -0.05) is 17.4 Å². The maximum Gasteiger partial charge on any atom is 0.340 e. The van der Waals surface area contributed by atoms with Crippen LogP contribution >= 0.6 is 11.3 Å². The van der Waals surface area contributed by atoms with E-state index in [2.05, 4.69) is 4.74 Å². The van der Waals surface area contributed by atoms with E-state index in [0.29, 0.717) is 12.3 Å². The van der Waals surface area contributed by atoms with Crippen molar-refractivity contribution in [1.82, 2.24) is 4.57 Å². The fraction of sp³-hybridized carbons (Fsp3) is 0.250. The van der Waals surface area contributed by atoms with Crippen LogP contribution in [0.3, 0.4) is 0 Å². The molecule has 0 amide bonds. The zero-order chi connectivity index (χ0) is 16.6. The number of hydrogen-bond acceptors (Lipinski definition) is 6. The lowest BCUT2D eigenvalue weighted by molar-refractivity contribution is -0.150. The molecule has 120 valence electrons. The second kappa shape index (κ2) is 6.02. The van der Waals surface area contributed by atoms with Crippen molar-refractivity contribution in [2.24, 2.45) is 7.05 Å². The van der Waals surface area contributed by atoms with Crippen LogP contribution in [0.4, 0.5) is 0 Å². The monoisotopic (exact) mass is 333 g/mol. The minimum atomic E-state index is -1.49. The molecule has 6 nitrogen and oxygen atoms in total. The van der Waals surface area contributed by atoms with E-state index in [-0.39, 0.29) is 9.75 Å². The van der Waals surface area contributed by atoms with E-state index in [0.717, 1.165) is 28.2 Å². The summed E-state index contributed by atoms with van der Waals surface area (Å²) in [5.74, 6) is -0.0409. The smallest absolute Gasteiger partial charge is 0.340 e. The van der Waals surface area contributed by atoms with E-state index < -0.39 is 12.1 Å². The number of carbonyl (C=O) groups excluding carboxylic acids is 1. The Bertz CT molecular complexity index is 849. The fourth-order valence-electron chi connectivity index (χ4n) is 2.48. The Balaban J connectivity index is 2.15. The molecule has 0 saturated heterocycles. The Morgan fingerprint density at radius 1 is 1.48 bits per heavy atom. The molecular formula is C16H15NO5S. The van der Waals surface area contributed by atoms with Gasteiger partial charge in [0, 0.05) is 18.2 Å². The third-order valence-electron chi connectivity index (χ3n) is 3.63. The zero-order valence-electron chi connectivity index (χ0n) is 12.6. The van der Waals surface area contributed by atoms with Crippen molar-refractivity contribution in [3.8, 4) is 17.0 Å². The van der Waals surface area contributed by atoms with Gasteiger partial charge in [0.1, 0.15) is 12.4 Å². The number of aliphatic hydroxyl groups excluding tert-OH is 1. The molecule has 7 heteroatoms. The highest BCUT2D eigenvalue weighted by atomic mass is 32.1. The van der Waals surface area contributed by atoms with Crippen LogP contribution in [0, 0.1) is 0 Å². The summed E-state index contributed by atoms with van der Waals surface area (Å²) >= 11 is 0.832. The van der Waals surface area contributed by atoms with Crippen molar-refractivity contribution < 1.29 is 19.4 Å². The summed E-state index contributed by atoms with van der Waals surface area (Å²) in [6, 6.07) is 5.47. The van der Waals surface area contributed by atoms with Crippen molar-refractivity contribution >= 4 is 23.4 Å². The predicted octanol–water partition coefficient (Wildman–Crippen LogP) is 1.73. The SMILES string of the molecule is COC(=O)C(O)c1sc(=O)n(C)c1-c1ccc2c(c1)C=CCO2. The molecule has 0 bridgehead atoms. The van der Waals surface area contributed by atoms with Gasteiger partial charge < -0.3 is 19.1 Å². The van der Waals surface area contributed by atoms with Crippen molar-refractivity contribution in [3.05, 3.63) is 44.4 Å². The number of esters is 1. The van der Waals surface area contributed by atoms with E-state index in [1.54, 1.807) is 13.1 Å². The van der Waals surface area contributed by atoms with Gasteiger partial charge in [-0.15, -0.1) is 0 Å². The summed E-state index contributed by atoms with van der Waals surface area (Å²) in [5.41, 5.74) is 2.10. The standard InChI is InChI=1S/C16H15NO5S/c1-17-12(14(23-16(17)20)13(18)15(19)21-2)10-5-6-11-9(8-10)4-3-7-22-11/h3-6,8,13,18H,7H2,1-2H3. The lowest BCUT2D eigenvalue weighted by Gasteiger charge is -2.15. The first-order chi connectivity index (χ1) is 11.0. The summed E-state index contributed by atoms with van der Waals surface area (Å²) in [4.78, 5) is 23.7. The second-order valence-corrected chi connectivity index (χ2v) is 6.02. The van der Waals surface area contributed by atoms with Gasteiger partial charge in [0.05, 0.1) is 17.7 Å². The number of rotatable bonds is 3. The predicted molar refractivity (Wildman–Crippen MR) is 86.5 cm³/mol. The van der Waals surface area contributed by atoms with Crippen molar-refractivity contribution in [1.29, 1.82) is 0 Å². The molecule has 0 aliphatic carbocycles. The third-order valence-corrected chi connectivity index (χ3v) is 4.71. The van der Waals surface area contributed by atoms with Crippen molar-refractivity contribution in [3.63, 3.8) is 0 Å². The van der Waals surface area contributed by atoms with Gasteiger partial charge >= 0.3 is 10.8 Å². The van der Waals surface area contributed by atoms with Gasteiger partial charge in [0.15, 0.2) is 6.10 Å². The number of fused-ring (bicyclic) bond motifs is 1. The number of nitrogens with zero attached hydrogens (tertiary/aromatic N) is 1. The van der Waals surface area contributed by atoms with E-state index in [9.17, 15) is 14.7 Å². The Morgan fingerprint density at radius 2 is 2.26 bits per heavy atom. The molecule has 1 N–H and O–H groups in total. The van der Waals surface area contributed by atoms with Crippen LogP contribution in [0.1, 0.15) is 16.5 Å². The van der Waals surface area contributed by atoms with E-state index in [4.69, 9.17) is 4.74 Å². The maximum absolute atomic E-state index is 12.0. The summed E-state index contributed by atoms with van der Waals surface area (Å²) in [6.45, 7) is 0.523. The summed E-state index contributed by atoms with van der Waals surface area (Å²) in [5, 5.41) is 10.2. The topological polar surface area (TPSA) is 77.8 Å². The molecule has 1 aliphatic heterocycles. The van der Waals surface area contributed by atoms with E-state index in [1.807, 2.05) is 24.3 Å². The molecule has 2 heterocycles. The van der Waals surface area contributed by atoms with E-state index in [1.165, 1.54) is 11.7 Å². The second-order valence-electron chi connectivity index (χ2n) is 5.03. The molecule has 0 saturated carbocycles. The van der Waals surface area contributed by atoms with Crippen molar-refractivity contribution in [2.45, 2.75) is 6.10 Å². The van der Waals surface area contributed by atoms with Gasteiger partial charge in [-0.25, -0.2) is 4.79 Å². The number of thiazole rings is 1. The van der Waals surface area contributed by atoms with Crippen LogP contribution in [-0.2, 0) is 16.6 Å². The summed E-state index contributed by atoms with van der Waals surface area (Å²) < 4.78 is 11.5. The highest BCUT2D eigenvalue weighted by molar-refractivity contribution is 7.10. The highest BCUT2D eigenvalue weighted by Crippen LogP contribution is 2.34. The Hall–Kier alpha value is -2.38. The number of benzene rings is 1. The Kier molecular flexibility index (Phi) is 4.06. The molecule has 2 aromatic rings. The molecule has 23 heavy (non-hydrogen) atoms. The molecule has 1 unspecified atom stereocenters. The zero-order valence-corrected chi connectivity index (χ0v) is 13.4. The minimum absolute atomic E-state index is 0.262. The average molecular weight is 333 g/mol. The van der Waals surface area contributed by atoms with Crippen LogP contribution < -0.4 is 9.61 Å². The summed E-state index contributed by atoms with van der Waals surface area (Å²) in [7, 11) is 2.80. The number of methoxy groups -OCH3 is 1. The largest absolute Gasteiger partial charge is 0.489 e. The Labute approximate surface area is 136 Å². The molecule has 0 fully saturated rings. The van der Waals surface area contributed by atoms with Crippen molar-refractivity contribution in [2.75, 3.05) is 13.7 Å². The number of carbonyl (C=O) groups is 1. The first kappa shape index (κ1) is 15.5. The number of aromatic nitrogens is 1. The van der Waals surface area contributed by atoms with Crippen LogP contribution in [0.15, 0.2) is 29.1 Å².